The van der Waals surface area contributed by atoms with E-state index in [0.717, 1.165) is 25.2 Å². The van der Waals surface area contributed by atoms with Crippen molar-refractivity contribution in [3.8, 4) is 0 Å². The van der Waals surface area contributed by atoms with Crippen LogP contribution in [0.15, 0.2) is 48.5 Å². The van der Waals surface area contributed by atoms with Gasteiger partial charge in [-0.1, -0.05) is 30.3 Å². The first-order valence-corrected chi connectivity index (χ1v) is 6.84. The fraction of sp³-hybridized carbons (Fsp3) is 0.235. The first kappa shape index (κ1) is 13.0. The summed E-state index contributed by atoms with van der Waals surface area (Å²) in [5, 5.41) is 0. The van der Waals surface area contributed by atoms with Crippen LogP contribution in [0, 0.1) is 5.82 Å². The average molecular weight is 269 g/mol. The van der Waals surface area contributed by atoms with Crippen LogP contribution in [-0.2, 0) is 6.54 Å². The zero-order valence-electron chi connectivity index (χ0n) is 11.2. The molecule has 0 radical (unpaired) electrons. The van der Waals surface area contributed by atoms with Gasteiger partial charge < -0.3 is 0 Å². The van der Waals surface area contributed by atoms with Crippen LogP contribution in [0.25, 0.3) is 0 Å². The molecule has 1 heterocycles. The minimum absolute atomic E-state index is 0.133. The number of hydrogen-bond acceptors (Lipinski definition) is 2. The summed E-state index contributed by atoms with van der Waals surface area (Å²) in [6.07, 6.45) is 1.24. The summed E-state index contributed by atoms with van der Waals surface area (Å²) < 4.78 is 13.7. The molecule has 0 amide bonds. The summed E-state index contributed by atoms with van der Waals surface area (Å²) in [7, 11) is 0. The lowest BCUT2D eigenvalue weighted by Crippen LogP contribution is -2.36. The number of rotatable bonds is 4. The van der Waals surface area contributed by atoms with Gasteiger partial charge in [-0.3, -0.25) is 9.69 Å². The van der Waals surface area contributed by atoms with Crippen molar-refractivity contribution in [2.24, 2.45) is 0 Å². The largest absolute Gasteiger partial charge is 0.299 e. The molecule has 102 valence electrons. The minimum atomic E-state index is -0.467. The lowest BCUT2D eigenvalue weighted by atomic mass is 10.0. The van der Waals surface area contributed by atoms with Crippen molar-refractivity contribution in [2.45, 2.75) is 13.0 Å². The van der Waals surface area contributed by atoms with E-state index >= 15 is 0 Å². The maximum atomic E-state index is 13.7. The summed E-state index contributed by atoms with van der Waals surface area (Å²) >= 11 is 0. The first-order valence-electron chi connectivity index (χ1n) is 6.84. The van der Waals surface area contributed by atoms with E-state index in [1.807, 2.05) is 18.2 Å². The third-order valence-electron chi connectivity index (χ3n) is 3.66. The maximum absolute atomic E-state index is 13.7. The van der Waals surface area contributed by atoms with Crippen molar-refractivity contribution in [3.05, 3.63) is 71.0 Å². The number of hydrogen-bond donors (Lipinski definition) is 0. The Morgan fingerprint density at radius 3 is 2.60 bits per heavy atom. The summed E-state index contributed by atoms with van der Waals surface area (Å²) in [6, 6.07) is 13.6. The third-order valence-corrected chi connectivity index (χ3v) is 3.66. The van der Waals surface area contributed by atoms with Gasteiger partial charge in [0.2, 0.25) is 0 Å². The van der Waals surface area contributed by atoms with Crippen LogP contribution in [-0.4, -0.2) is 23.8 Å². The van der Waals surface area contributed by atoms with Crippen molar-refractivity contribution in [2.75, 3.05) is 13.1 Å². The number of benzene rings is 2. The molecule has 0 saturated carbocycles. The highest BCUT2D eigenvalue weighted by Gasteiger charge is 2.16. The van der Waals surface area contributed by atoms with Crippen molar-refractivity contribution in [1.82, 2.24) is 4.90 Å². The van der Waals surface area contributed by atoms with Crippen LogP contribution in [0.2, 0.25) is 0 Å². The molecule has 0 aromatic heterocycles. The molecular formula is C17H16FNO. The lowest BCUT2D eigenvalue weighted by Gasteiger charge is -2.30. The minimum Gasteiger partial charge on any atom is -0.299 e. The topological polar surface area (TPSA) is 20.3 Å². The second kappa shape index (κ2) is 5.55. The number of nitrogens with zero attached hydrogens (tertiary/aromatic N) is 1. The third kappa shape index (κ3) is 2.63. The number of likely N-dealkylation sites (tertiary alicyclic amines) is 1. The van der Waals surface area contributed by atoms with Crippen LogP contribution in [0.3, 0.4) is 0 Å². The quantitative estimate of drug-likeness (QED) is 0.794. The highest BCUT2D eigenvalue weighted by Crippen LogP contribution is 2.17. The van der Waals surface area contributed by atoms with Gasteiger partial charge in [-0.25, -0.2) is 4.39 Å². The molecule has 20 heavy (non-hydrogen) atoms. The van der Waals surface area contributed by atoms with Crippen LogP contribution >= 0.6 is 0 Å². The van der Waals surface area contributed by atoms with E-state index in [9.17, 15) is 9.18 Å². The monoisotopic (exact) mass is 269 g/mol. The first-order chi connectivity index (χ1) is 9.74. The average Bonchev–Trinajstić information content (AvgIpc) is 2.43. The standard InChI is InChI=1S/C17H16FNO/c18-16-8-2-1-7-15(16)17(20)14-6-3-5-13(11-14)12-19-9-4-10-19/h1-3,5-8,11H,4,9-10,12H2. The van der Waals surface area contributed by atoms with Crippen molar-refractivity contribution in [3.63, 3.8) is 0 Å². The van der Waals surface area contributed by atoms with Crippen molar-refractivity contribution in [1.29, 1.82) is 0 Å². The Hall–Kier alpha value is -2.00. The summed E-state index contributed by atoms with van der Waals surface area (Å²) in [5.41, 5.74) is 1.79. The predicted octanol–water partition coefficient (Wildman–Crippen LogP) is 3.26. The smallest absolute Gasteiger partial charge is 0.195 e. The molecule has 1 aliphatic heterocycles. The van der Waals surface area contributed by atoms with Gasteiger partial charge in [-0.05, 0) is 43.3 Å². The Bertz CT molecular complexity index is 634. The molecule has 2 aromatic carbocycles. The second-order valence-electron chi connectivity index (χ2n) is 5.14. The molecule has 0 atom stereocenters. The lowest BCUT2D eigenvalue weighted by molar-refractivity contribution is 0.103. The Labute approximate surface area is 117 Å². The molecule has 0 N–H and O–H groups in total. The van der Waals surface area contributed by atoms with Gasteiger partial charge in [0.1, 0.15) is 5.82 Å². The van der Waals surface area contributed by atoms with Gasteiger partial charge in [0, 0.05) is 12.1 Å². The van der Waals surface area contributed by atoms with E-state index in [4.69, 9.17) is 0 Å². The molecule has 3 rings (SSSR count). The summed E-state index contributed by atoms with van der Waals surface area (Å²) in [4.78, 5) is 14.7. The van der Waals surface area contributed by atoms with E-state index in [1.54, 1.807) is 18.2 Å². The van der Waals surface area contributed by atoms with Crippen LogP contribution in [0.1, 0.15) is 27.9 Å². The molecule has 1 fully saturated rings. The van der Waals surface area contributed by atoms with Gasteiger partial charge in [-0.2, -0.15) is 0 Å². The fourth-order valence-corrected chi connectivity index (χ4v) is 2.41. The van der Waals surface area contributed by atoms with Crippen molar-refractivity contribution < 1.29 is 9.18 Å². The molecule has 1 aliphatic rings. The maximum Gasteiger partial charge on any atom is 0.195 e. The summed E-state index contributed by atoms with van der Waals surface area (Å²) in [5.74, 6) is -0.723. The molecular weight excluding hydrogens is 253 g/mol. The van der Waals surface area contributed by atoms with Gasteiger partial charge in [0.05, 0.1) is 5.56 Å². The molecule has 0 bridgehead atoms. The van der Waals surface area contributed by atoms with E-state index in [-0.39, 0.29) is 11.3 Å². The molecule has 0 unspecified atom stereocenters. The number of carbonyl (C=O) groups excluding carboxylic acids is 1. The van der Waals surface area contributed by atoms with Gasteiger partial charge in [0.15, 0.2) is 5.78 Å². The molecule has 3 heteroatoms. The Morgan fingerprint density at radius 1 is 1.10 bits per heavy atom. The predicted molar refractivity (Wildman–Crippen MR) is 76.2 cm³/mol. The van der Waals surface area contributed by atoms with Gasteiger partial charge in [-0.15, -0.1) is 0 Å². The Balaban J connectivity index is 1.84. The zero-order chi connectivity index (χ0) is 13.9. The van der Waals surface area contributed by atoms with E-state index in [1.165, 1.54) is 18.6 Å². The molecule has 1 saturated heterocycles. The molecule has 2 nitrogen and oxygen atoms in total. The normalized spacial score (nSPS) is 14.8. The van der Waals surface area contributed by atoms with Gasteiger partial charge >= 0.3 is 0 Å². The molecule has 0 aliphatic carbocycles. The van der Waals surface area contributed by atoms with Gasteiger partial charge in [0.25, 0.3) is 0 Å². The highest BCUT2D eigenvalue weighted by molar-refractivity contribution is 6.09. The zero-order valence-corrected chi connectivity index (χ0v) is 11.2. The van der Waals surface area contributed by atoms with E-state index < -0.39 is 5.82 Å². The second-order valence-corrected chi connectivity index (χ2v) is 5.14. The molecule has 0 spiro atoms. The number of halogens is 1. The Morgan fingerprint density at radius 2 is 1.90 bits per heavy atom. The van der Waals surface area contributed by atoms with Crippen LogP contribution in [0.5, 0.6) is 0 Å². The fourth-order valence-electron chi connectivity index (χ4n) is 2.41. The van der Waals surface area contributed by atoms with Crippen LogP contribution < -0.4 is 0 Å². The summed E-state index contributed by atoms with van der Waals surface area (Å²) in [6.45, 7) is 3.09. The molecule has 2 aromatic rings. The number of carbonyl (C=O) groups is 1. The van der Waals surface area contributed by atoms with E-state index in [0.29, 0.717) is 5.56 Å². The Kier molecular flexibility index (Phi) is 3.61. The van der Waals surface area contributed by atoms with E-state index in [2.05, 4.69) is 4.90 Å². The van der Waals surface area contributed by atoms with Crippen LogP contribution in [0.4, 0.5) is 4.39 Å². The van der Waals surface area contributed by atoms with Crippen molar-refractivity contribution >= 4 is 5.78 Å². The highest BCUT2D eigenvalue weighted by atomic mass is 19.1. The SMILES string of the molecule is O=C(c1cccc(CN2CCC2)c1)c1ccccc1F. The number of ketones is 1.